The van der Waals surface area contributed by atoms with Gasteiger partial charge in [0.2, 0.25) is 0 Å². The largest absolute Gasteiger partial charge is 0.350 e. The van der Waals surface area contributed by atoms with Crippen LogP contribution in [0.5, 0.6) is 0 Å². The average Bonchev–Trinajstić information content (AvgIpc) is 2.38. The number of rotatable bonds is 3. The molecule has 16 heavy (non-hydrogen) atoms. The lowest BCUT2D eigenvalue weighted by Crippen LogP contribution is -2.43. The van der Waals surface area contributed by atoms with Gasteiger partial charge < -0.3 is 10.6 Å². The number of hydrogen-bond donors (Lipinski definition) is 2. The van der Waals surface area contributed by atoms with E-state index in [0.717, 1.165) is 13.0 Å². The Hall–Kier alpha value is -1.49. The molecule has 1 amide bonds. The van der Waals surface area contributed by atoms with E-state index in [9.17, 15) is 4.79 Å². The summed E-state index contributed by atoms with van der Waals surface area (Å²) in [6, 6.07) is 2.07. The SMILES string of the molecule is O=C(NCC1CCCCN1)c1ccnnc1. The molecule has 0 saturated carbocycles. The maximum absolute atomic E-state index is 11.7. The van der Waals surface area contributed by atoms with Crippen LogP contribution in [-0.2, 0) is 0 Å². The van der Waals surface area contributed by atoms with E-state index in [2.05, 4.69) is 20.8 Å². The quantitative estimate of drug-likeness (QED) is 0.771. The van der Waals surface area contributed by atoms with Crippen LogP contribution in [0.2, 0.25) is 0 Å². The molecule has 2 rings (SSSR count). The highest BCUT2D eigenvalue weighted by Gasteiger charge is 2.13. The first kappa shape index (κ1) is 11.0. The second-order valence-corrected chi connectivity index (χ2v) is 3.99. The number of piperidine rings is 1. The number of carbonyl (C=O) groups excluding carboxylic acids is 1. The third kappa shape index (κ3) is 3.00. The summed E-state index contributed by atoms with van der Waals surface area (Å²) in [5, 5.41) is 13.6. The van der Waals surface area contributed by atoms with Crippen molar-refractivity contribution in [3.05, 3.63) is 24.0 Å². The summed E-state index contributed by atoms with van der Waals surface area (Å²) in [6.45, 7) is 1.73. The summed E-state index contributed by atoms with van der Waals surface area (Å²) in [5.74, 6) is -0.0812. The molecule has 1 aliphatic heterocycles. The Kier molecular flexibility index (Phi) is 3.82. The third-order valence-electron chi connectivity index (χ3n) is 2.77. The van der Waals surface area contributed by atoms with E-state index in [4.69, 9.17) is 0 Å². The van der Waals surface area contributed by atoms with Gasteiger partial charge in [-0.3, -0.25) is 4.79 Å². The summed E-state index contributed by atoms with van der Waals surface area (Å²) >= 11 is 0. The van der Waals surface area contributed by atoms with Crippen molar-refractivity contribution >= 4 is 5.91 Å². The van der Waals surface area contributed by atoms with Gasteiger partial charge in [-0.1, -0.05) is 6.42 Å². The molecular formula is C11H16N4O. The van der Waals surface area contributed by atoms with Gasteiger partial charge in [-0.25, -0.2) is 0 Å². The smallest absolute Gasteiger partial charge is 0.253 e. The van der Waals surface area contributed by atoms with E-state index in [-0.39, 0.29) is 5.91 Å². The van der Waals surface area contributed by atoms with Crippen LogP contribution in [-0.4, -0.2) is 35.2 Å². The molecule has 1 fully saturated rings. The van der Waals surface area contributed by atoms with Crippen LogP contribution in [0.25, 0.3) is 0 Å². The highest BCUT2D eigenvalue weighted by atomic mass is 16.1. The van der Waals surface area contributed by atoms with E-state index < -0.39 is 0 Å². The zero-order valence-corrected chi connectivity index (χ0v) is 9.15. The van der Waals surface area contributed by atoms with Gasteiger partial charge in [0, 0.05) is 12.6 Å². The predicted octanol–water partition coefficient (Wildman–Crippen LogP) is 0.348. The second-order valence-electron chi connectivity index (χ2n) is 3.99. The third-order valence-corrected chi connectivity index (χ3v) is 2.77. The van der Waals surface area contributed by atoms with Crippen LogP contribution in [0.1, 0.15) is 29.6 Å². The number of aromatic nitrogens is 2. The minimum Gasteiger partial charge on any atom is -0.350 e. The van der Waals surface area contributed by atoms with Crippen LogP contribution in [0.3, 0.4) is 0 Å². The first-order chi connectivity index (χ1) is 7.86. The molecule has 1 aliphatic rings. The van der Waals surface area contributed by atoms with Crippen LogP contribution in [0, 0.1) is 0 Å². The Morgan fingerprint density at radius 2 is 2.44 bits per heavy atom. The number of nitrogens with one attached hydrogen (secondary N) is 2. The summed E-state index contributed by atoms with van der Waals surface area (Å²) < 4.78 is 0. The molecule has 0 spiro atoms. The van der Waals surface area contributed by atoms with E-state index in [1.165, 1.54) is 25.2 Å². The highest BCUT2D eigenvalue weighted by Crippen LogP contribution is 2.05. The molecule has 5 heteroatoms. The fourth-order valence-electron chi connectivity index (χ4n) is 1.84. The summed E-state index contributed by atoms with van der Waals surface area (Å²) in [5.41, 5.74) is 0.561. The van der Waals surface area contributed by atoms with Crippen LogP contribution < -0.4 is 10.6 Å². The van der Waals surface area contributed by atoms with Gasteiger partial charge in [0.15, 0.2) is 0 Å². The minimum atomic E-state index is -0.0812. The molecule has 1 atom stereocenters. The number of hydrogen-bond acceptors (Lipinski definition) is 4. The molecule has 1 saturated heterocycles. The molecule has 2 N–H and O–H groups in total. The van der Waals surface area contributed by atoms with Crippen LogP contribution in [0.4, 0.5) is 0 Å². The van der Waals surface area contributed by atoms with E-state index in [1.807, 2.05) is 0 Å². The number of nitrogens with zero attached hydrogens (tertiary/aromatic N) is 2. The molecule has 1 aromatic heterocycles. The standard InChI is InChI=1S/C11H16N4O/c16-11(9-4-6-14-15-7-9)13-8-10-3-1-2-5-12-10/h4,6-7,10,12H,1-3,5,8H2,(H,13,16). The van der Waals surface area contributed by atoms with Gasteiger partial charge in [-0.05, 0) is 25.5 Å². The van der Waals surface area contributed by atoms with Crippen molar-refractivity contribution in [2.75, 3.05) is 13.1 Å². The van der Waals surface area contributed by atoms with Crippen molar-refractivity contribution < 1.29 is 4.79 Å². The van der Waals surface area contributed by atoms with Crippen molar-refractivity contribution in [2.45, 2.75) is 25.3 Å². The van der Waals surface area contributed by atoms with Crippen molar-refractivity contribution in [2.24, 2.45) is 0 Å². The summed E-state index contributed by atoms with van der Waals surface area (Å²) in [7, 11) is 0. The molecule has 1 unspecified atom stereocenters. The first-order valence-electron chi connectivity index (χ1n) is 5.64. The molecule has 86 valence electrons. The molecule has 0 radical (unpaired) electrons. The van der Waals surface area contributed by atoms with Crippen molar-refractivity contribution in [3.8, 4) is 0 Å². The first-order valence-corrected chi connectivity index (χ1v) is 5.64. The highest BCUT2D eigenvalue weighted by molar-refractivity contribution is 5.93. The van der Waals surface area contributed by atoms with Gasteiger partial charge in [0.1, 0.15) is 0 Å². The van der Waals surface area contributed by atoms with E-state index in [0.29, 0.717) is 18.2 Å². The van der Waals surface area contributed by atoms with Gasteiger partial charge in [-0.2, -0.15) is 10.2 Å². The Labute approximate surface area is 94.6 Å². The van der Waals surface area contributed by atoms with Gasteiger partial charge in [0.05, 0.1) is 18.0 Å². The maximum atomic E-state index is 11.7. The zero-order valence-electron chi connectivity index (χ0n) is 9.15. The summed E-state index contributed by atoms with van der Waals surface area (Å²) in [4.78, 5) is 11.7. The Bertz CT molecular complexity index is 335. The zero-order chi connectivity index (χ0) is 11.2. The Morgan fingerprint density at radius 1 is 1.50 bits per heavy atom. The van der Waals surface area contributed by atoms with E-state index in [1.54, 1.807) is 6.07 Å². The fraction of sp³-hybridized carbons (Fsp3) is 0.545. The summed E-state index contributed by atoms with van der Waals surface area (Å²) in [6.07, 6.45) is 6.61. The lowest BCUT2D eigenvalue weighted by atomic mass is 10.1. The van der Waals surface area contributed by atoms with Gasteiger partial charge in [0.25, 0.3) is 5.91 Å². The molecule has 0 bridgehead atoms. The predicted molar refractivity (Wildman–Crippen MR) is 60.0 cm³/mol. The number of amides is 1. The lowest BCUT2D eigenvalue weighted by Gasteiger charge is -2.23. The topological polar surface area (TPSA) is 66.9 Å². The molecule has 5 nitrogen and oxygen atoms in total. The molecule has 0 aromatic carbocycles. The van der Waals surface area contributed by atoms with Crippen molar-refractivity contribution in [3.63, 3.8) is 0 Å². The monoisotopic (exact) mass is 220 g/mol. The maximum Gasteiger partial charge on any atom is 0.253 e. The average molecular weight is 220 g/mol. The molecule has 2 heterocycles. The Balaban J connectivity index is 1.79. The van der Waals surface area contributed by atoms with Crippen LogP contribution >= 0.6 is 0 Å². The van der Waals surface area contributed by atoms with Crippen molar-refractivity contribution in [1.29, 1.82) is 0 Å². The minimum absolute atomic E-state index is 0.0812. The van der Waals surface area contributed by atoms with Gasteiger partial charge in [-0.15, -0.1) is 0 Å². The second kappa shape index (κ2) is 5.55. The number of carbonyl (C=O) groups is 1. The Morgan fingerprint density at radius 3 is 3.12 bits per heavy atom. The molecule has 0 aliphatic carbocycles. The van der Waals surface area contributed by atoms with Crippen molar-refractivity contribution in [1.82, 2.24) is 20.8 Å². The fourth-order valence-corrected chi connectivity index (χ4v) is 1.84. The van der Waals surface area contributed by atoms with Gasteiger partial charge >= 0.3 is 0 Å². The lowest BCUT2D eigenvalue weighted by molar-refractivity contribution is 0.0947. The van der Waals surface area contributed by atoms with Crippen LogP contribution in [0.15, 0.2) is 18.5 Å². The molecular weight excluding hydrogens is 204 g/mol. The van der Waals surface area contributed by atoms with E-state index >= 15 is 0 Å². The molecule has 1 aromatic rings. The normalized spacial score (nSPS) is 20.4.